The summed E-state index contributed by atoms with van der Waals surface area (Å²) in [6.07, 6.45) is -13.0. The van der Waals surface area contributed by atoms with E-state index in [1.807, 2.05) is 0 Å². The van der Waals surface area contributed by atoms with Gasteiger partial charge in [-0.1, -0.05) is 6.58 Å². The van der Waals surface area contributed by atoms with Crippen LogP contribution < -0.4 is 5.32 Å². The minimum Gasteiger partial charge on any atom is -0.510 e. The number of rotatable bonds is 7. The number of aliphatic hydroxyl groups excluding tert-OH is 6. The van der Waals surface area contributed by atoms with E-state index in [1.54, 1.807) is 0 Å². The van der Waals surface area contributed by atoms with Crippen LogP contribution in [-0.2, 0) is 18.9 Å². The second kappa shape index (κ2) is 10.00. The van der Waals surface area contributed by atoms with Gasteiger partial charge in [-0.3, -0.25) is 5.32 Å². The fourth-order valence-corrected chi connectivity index (χ4v) is 3.58. The lowest BCUT2D eigenvalue weighted by Gasteiger charge is -2.47. The van der Waals surface area contributed by atoms with Crippen molar-refractivity contribution in [1.29, 1.82) is 0 Å². The summed E-state index contributed by atoms with van der Waals surface area (Å²) in [5, 5.41) is 63.4. The second-order valence-corrected chi connectivity index (χ2v) is 7.17. The summed E-state index contributed by atoms with van der Waals surface area (Å²) < 4.78 is 21.6. The Morgan fingerprint density at radius 2 is 1.75 bits per heavy atom. The van der Waals surface area contributed by atoms with Crippen LogP contribution in [-0.4, -0.2) is 111 Å². The van der Waals surface area contributed by atoms with Crippen molar-refractivity contribution < 1.29 is 49.6 Å². The summed E-state index contributed by atoms with van der Waals surface area (Å²) in [4.78, 5) is 0. The predicted molar refractivity (Wildman–Crippen MR) is 97.5 cm³/mol. The fraction of sp³-hybridized carbons (Fsp3) is 0.875. The fourth-order valence-electron chi connectivity index (χ4n) is 3.28. The largest absolute Gasteiger partial charge is 0.510 e. The highest BCUT2D eigenvalue weighted by Gasteiger charge is 2.51. The summed E-state index contributed by atoms with van der Waals surface area (Å²) in [5.41, 5.74) is 0. The third kappa shape index (κ3) is 4.96. The van der Waals surface area contributed by atoms with Gasteiger partial charge in [0.1, 0.15) is 48.6 Å². The molecule has 2 saturated heterocycles. The van der Waals surface area contributed by atoms with Crippen molar-refractivity contribution >= 4 is 12.6 Å². The number of hydrogen-bond donors (Lipinski definition) is 8. The lowest BCUT2D eigenvalue weighted by atomic mass is 9.95. The monoisotopic (exact) mass is 427 g/mol. The van der Waals surface area contributed by atoms with Gasteiger partial charge in [0.25, 0.3) is 0 Å². The molecule has 11 atom stereocenters. The van der Waals surface area contributed by atoms with E-state index in [1.165, 1.54) is 14.0 Å². The maximum atomic E-state index is 10.5. The minimum atomic E-state index is -1.55. The topological polar surface area (TPSA) is 170 Å². The molecule has 0 amide bonds. The Labute approximate surface area is 167 Å². The molecule has 0 aromatic heterocycles. The van der Waals surface area contributed by atoms with Crippen LogP contribution in [0.3, 0.4) is 0 Å². The Hall–Kier alpha value is -0.510. The smallest absolute Gasteiger partial charge is 0.186 e. The SMILES string of the molecule is C=C(O)C1OC(OC)C(O)C(OC2OC(CS)C(O)C(O)C2NC(C)O)C1O. The average molecular weight is 427 g/mol. The van der Waals surface area contributed by atoms with E-state index in [9.17, 15) is 30.6 Å². The summed E-state index contributed by atoms with van der Waals surface area (Å²) in [5.74, 6) is -0.447. The highest BCUT2D eigenvalue weighted by atomic mass is 32.1. The molecule has 0 bridgehead atoms. The normalized spacial score (nSPS) is 45.6. The van der Waals surface area contributed by atoms with E-state index in [0.717, 1.165) is 0 Å². The van der Waals surface area contributed by atoms with Gasteiger partial charge in [-0.05, 0) is 6.92 Å². The molecule has 2 rings (SSSR count). The summed E-state index contributed by atoms with van der Waals surface area (Å²) in [6, 6.07) is -1.11. The number of hydrogen-bond acceptors (Lipinski definition) is 12. The quantitative estimate of drug-likeness (QED) is 0.120. The van der Waals surface area contributed by atoms with E-state index in [2.05, 4.69) is 24.5 Å². The molecule has 7 N–H and O–H groups in total. The Bertz CT molecular complexity index is 526. The van der Waals surface area contributed by atoms with Gasteiger partial charge < -0.3 is 49.6 Å². The number of methoxy groups -OCH3 is 1. The Morgan fingerprint density at radius 1 is 1.11 bits per heavy atom. The molecule has 164 valence electrons. The zero-order valence-corrected chi connectivity index (χ0v) is 16.4. The lowest BCUT2D eigenvalue weighted by molar-refractivity contribution is -0.339. The lowest BCUT2D eigenvalue weighted by Crippen LogP contribution is -2.67. The number of aliphatic hydroxyl groups is 6. The van der Waals surface area contributed by atoms with E-state index in [0.29, 0.717) is 0 Å². The Morgan fingerprint density at radius 3 is 2.25 bits per heavy atom. The zero-order chi connectivity index (χ0) is 21.2. The molecule has 0 radical (unpaired) electrons. The van der Waals surface area contributed by atoms with Crippen LogP contribution in [0.5, 0.6) is 0 Å². The van der Waals surface area contributed by atoms with E-state index < -0.39 is 73.3 Å². The van der Waals surface area contributed by atoms with Crippen LogP contribution in [0.4, 0.5) is 0 Å². The van der Waals surface area contributed by atoms with E-state index in [4.69, 9.17) is 18.9 Å². The van der Waals surface area contributed by atoms with Crippen LogP contribution in [0.25, 0.3) is 0 Å². The second-order valence-electron chi connectivity index (χ2n) is 6.81. The van der Waals surface area contributed by atoms with Crippen LogP contribution in [0.15, 0.2) is 12.3 Å². The molecule has 2 heterocycles. The van der Waals surface area contributed by atoms with Gasteiger partial charge in [-0.2, -0.15) is 12.6 Å². The standard InChI is InChI=1S/C16H29NO10S/c1-5(18)13-11(22)14(12(23)16(24-3)26-13)27-15-8(17-6(2)19)10(21)9(20)7(4-28)25-15/h6-23,28H,1,4H2,2-3H3. The van der Waals surface area contributed by atoms with Crippen LogP contribution in [0.2, 0.25) is 0 Å². The number of thiol groups is 1. The van der Waals surface area contributed by atoms with Crippen molar-refractivity contribution in [3.8, 4) is 0 Å². The first-order valence-corrected chi connectivity index (χ1v) is 9.39. The van der Waals surface area contributed by atoms with Crippen molar-refractivity contribution in [2.45, 2.75) is 74.5 Å². The molecule has 2 fully saturated rings. The first-order valence-electron chi connectivity index (χ1n) is 8.76. The molecule has 12 heteroatoms. The first-order chi connectivity index (χ1) is 13.1. The molecule has 11 nitrogen and oxygen atoms in total. The van der Waals surface area contributed by atoms with Crippen LogP contribution in [0.1, 0.15) is 6.92 Å². The minimum absolute atomic E-state index is 0.0507. The molecule has 2 aliphatic heterocycles. The number of nitrogens with one attached hydrogen (secondary N) is 1. The number of ether oxygens (including phenoxy) is 4. The highest BCUT2D eigenvalue weighted by molar-refractivity contribution is 7.80. The molecular formula is C16H29NO10S. The highest BCUT2D eigenvalue weighted by Crippen LogP contribution is 2.31. The van der Waals surface area contributed by atoms with Crippen LogP contribution >= 0.6 is 12.6 Å². The van der Waals surface area contributed by atoms with Crippen molar-refractivity contribution in [3.05, 3.63) is 12.3 Å². The summed E-state index contributed by atoms with van der Waals surface area (Å²) in [7, 11) is 1.26. The zero-order valence-electron chi connectivity index (χ0n) is 15.5. The first kappa shape index (κ1) is 23.8. The van der Waals surface area contributed by atoms with Crippen molar-refractivity contribution in [1.82, 2.24) is 5.32 Å². The Kier molecular flexibility index (Phi) is 8.49. The molecule has 0 aromatic carbocycles. The van der Waals surface area contributed by atoms with Gasteiger partial charge >= 0.3 is 0 Å². The van der Waals surface area contributed by atoms with E-state index >= 15 is 0 Å². The van der Waals surface area contributed by atoms with Crippen molar-refractivity contribution in [2.24, 2.45) is 0 Å². The molecule has 2 aliphatic rings. The summed E-state index contributed by atoms with van der Waals surface area (Å²) >= 11 is 4.07. The van der Waals surface area contributed by atoms with Crippen molar-refractivity contribution in [3.63, 3.8) is 0 Å². The maximum absolute atomic E-state index is 10.5. The maximum Gasteiger partial charge on any atom is 0.186 e. The van der Waals surface area contributed by atoms with Gasteiger partial charge in [0.05, 0.1) is 12.1 Å². The molecule has 11 unspecified atom stereocenters. The molecule has 0 aromatic rings. The third-order valence-corrected chi connectivity index (χ3v) is 5.07. The molecular weight excluding hydrogens is 398 g/mol. The average Bonchev–Trinajstić information content (AvgIpc) is 2.63. The van der Waals surface area contributed by atoms with Gasteiger partial charge in [0.15, 0.2) is 12.6 Å². The molecule has 28 heavy (non-hydrogen) atoms. The Balaban J connectivity index is 2.27. The third-order valence-electron chi connectivity index (χ3n) is 4.71. The molecule has 0 spiro atoms. The molecule has 0 aliphatic carbocycles. The van der Waals surface area contributed by atoms with Crippen molar-refractivity contribution in [2.75, 3.05) is 12.9 Å². The van der Waals surface area contributed by atoms with Gasteiger partial charge in [-0.15, -0.1) is 0 Å². The summed E-state index contributed by atoms with van der Waals surface area (Å²) in [6.45, 7) is 4.72. The van der Waals surface area contributed by atoms with E-state index in [-0.39, 0.29) is 5.75 Å². The van der Waals surface area contributed by atoms with Gasteiger partial charge in [-0.25, -0.2) is 0 Å². The van der Waals surface area contributed by atoms with Crippen LogP contribution in [0, 0.1) is 0 Å². The predicted octanol–water partition coefficient (Wildman–Crippen LogP) is -2.79. The van der Waals surface area contributed by atoms with Gasteiger partial charge in [0, 0.05) is 12.9 Å². The molecule has 0 saturated carbocycles. The van der Waals surface area contributed by atoms with Gasteiger partial charge in [0.2, 0.25) is 0 Å².